The number of hydrogen-bond acceptors (Lipinski definition) is 4. The van der Waals surface area contributed by atoms with E-state index in [0.717, 1.165) is 18.7 Å². The Morgan fingerprint density at radius 3 is 2.30 bits per heavy atom. The van der Waals surface area contributed by atoms with E-state index in [1.54, 1.807) is 12.4 Å². The Hall–Kier alpha value is -2.27. The number of rotatable bonds is 5. The highest BCUT2D eigenvalue weighted by Crippen LogP contribution is 2.26. The van der Waals surface area contributed by atoms with Crippen LogP contribution in [-0.4, -0.2) is 45.9 Å². The van der Waals surface area contributed by atoms with E-state index in [9.17, 15) is 4.79 Å². The molecule has 0 aliphatic carbocycles. The molecule has 1 saturated heterocycles. The maximum Gasteiger partial charge on any atom is 0.254 e. The van der Waals surface area contributed by atoms with Gasteiger partial charge in [-0.2, -0.15) is 0 Å². The van der Waals surface area contributed by atoms with Crippen molar-refractivity contribution in [2.45, 2.75) is 39.7 Å². The average Bonchev–Trinajstić information content (AvgIpc) is 2.66. The van der Waals surface area contributed by atoms with E-state index in [-0.39, 0.29) is 11.4 Å². The number of likely N-dealkylation sites (tertiary alicyclic amines) is 1. The van der Waals surface area contributed by atoms with Gasteiger partial charge in [-0.25, -0.2) is 9.97 Å². The molecule has 2 aromatic rings. The molecule has 1 aromatic heterocycles. The molecule has 1 aliphatic heterocycles. The topological polar surface area (TPSA) is 58.1 Å². The van der Waals surface area contributed by atoms with Crippen LogP contribution in [0.25, 0.3) is 11.4 Å². The minimum absolute atomic E-state index is 0.0799. The Labute approximate surface area is 162 Å². The van der Waals surface area contributed by atoms with Gasteiger partial charge in [0.25, 0.3) is 5.91 Å². The molecule has 1 aromatic carbocycles. The first-order valence-electron chi connectivity index (χ1n) is 9.76. The van der Waals surface area contributed by atoms with Gasteiger partial charge in [0.2, 0.25) is 0 Å². The third-order valence-electron chi connectivity index (χ3n) is 5.35. The molecule has 1 amide bonds. The number of amides is 1. The van der Waals surface area contributed by atoms with Gasteiger partial charge in [-0.15, -0.1) is 0 Å². The summed E-state index contributed by atoms with van der Waals surface area (Å²) in [5.41, 5.74) is 1.36. The van der Waals surface area contributed by atoms with Gasteiger partial charge in [-0.05, 0) is 32.1 Å². The Bertz CT molecular complexity index is 748. The van der Waals surface area contributed by atoms with Crippen molar-refractivity contribution in [2.75, 3.05) is 19.6 Å². The molecular formula is C22H30N4O. The minimum atomic E-state index is -0.124. The quantitative estimate of drug-likeness (QED) is 0.878. The predicted octanol–water partition coefficient (Wildman–Crippen LogP) is 3.63. The summed E-state index contributed by atoms with van der Waals surface area (Å²) in [6, 6.07) is 9.76. The molecule has 1 fully saturated rings. The smallest absolute Gasteiger partial charge is 0.254 e. The van der Waals surface area contributed by atoms with Crippen LogP contribution in [0, 0.1) is 11.8 Å². The molecule has 2 unspecified atom stereocenters. The number of carbonyl (C=O) groups excluding carboxylic acids is 1. The van der Waals surface area contributed by atoms with Crippen LogP contribution in [0.3, 0.4) is 0 Å². The van der Waals surface area contributed by atoms with E-state index in [4.69, 9.17) is 0 Å². The largest absolute Gasteiger partial charge is 0.350 e. The molecule has 144 valence electrons. The lowest BCUT2D eigenvalue weighted by atomic mass is 9.88. The third-order valence-corrected chi connectivity index (χ3v) is 5.35. The van der Waals surface area contributed by atoms with E-state index >= 15 is 0 Å². The predicted molar refractivity (Wildman–Crippen MR) is 108 cm³/mol. The van der Waals surface area contributed by atoms with Crippen molar-refractivity contribution in [3.8, 4) is 11.4 Å². The Balaban J connectivity index is 1.60. The van der Waals surface area contributed by atoms with Crippen molar-refractivity contribution in [1.82, 2.24) is 20.2 Å². The molecule has 5 nitrogen and oxygen atoms in total. The summed E-state index contributed by atoms with van der Waals surface area (Å²) < 4.78 is 0. The maximum atomic E-state index is 12.5. The summed E-state index contributed by atoms with van der Waals surface area (Å²) in [4.78, 5) is 23.7. The number of aromatic nitrogens is 2. The lowest BCUT2D eigenvalue weighted by Gasteiger charge is -2.45. The van der Waals surface area contributed by atoms with Crippen LogP contribution >= 0.6 is 0 Å². The van der Waals surface area contributed by atoms with Crippen molar-refractivity contribution in [2.24, 2.45) is 11.8 Å². The van der Waals surface area contributed by atoms with Crippen LogP contribution in [0.5, 0.6) is 0 Å². The Kier molecular flexibility index (Phi) is 5.90. The zero-order valence-corrected chi connectivity index (χ0v) is 16.8. The van der Waals surface area contributed by atoms with E-state index < -0.39 is 0 Å². The molecule has 1 N–H and O–H groups in total. The molecule has 0 bridgehead atoms. The lowest BCUT2D eigenvalue weighted by Crippen LogP contribution is -2.56. The summed E-state index contributed by atoms with van der Waals surface area (Å²) >= 11 is 0. The van der Waals surface area contributed by atoms with Crippen molar-refractivity contribution >= 4 is 5.91 Å². The highest BCUT2D eigenvalue weighted by Gasteiger charge is 2.33. The molecule has 0 spiro atoms. The van der Waals surface area contributed by atoms with Crippen molar-refractivity contribution in [1.29, 1.82) is 0 Å². The molecule has 0 radical (unpaired) electrons. The molecule has 3 rings (SSSR count). The number of hydrogen-bond donors (Lipinski definition) is 1. The van der Waals surface area contributed by atoms with Gasteiger partial charge in [0.1, 0.15) is 0 Å². The average molecular weight is 367 g/mol. The van der Waals surface area contributed by atoms with Crippen LogP contribution in [0.4, 0.5) is 0 Å². The second kappa shape index (κ2) is 8.17. The van der Waals surface area contributed by atoms with Crippen LogP contribution in [0.2, 0.25) is 0 Å². The number of nitrogens with one attached hydrogen (secondary N) is 1. The van der Waals surface area contributed by atoms with E-state index in [0.29, 0.717) is 29.8 Å². The van der Waals surface area contributed by atoms with Gasteiger partial charge in [0.15, 0.2) is 5.82 Å². The van der Waals surface area contributed by atoms with Gasteiger partial charge in [0.05, 0.1) is 5.56 Å². The summed E-state index contributed by atoms with van der Waals surface area (Å²) in [5.74, 6) is 1.90. The van der Waals surface area contributed by atoms with Gasteiger partial charge < -0.3 is 5.32 Å². The zero-order valence-electron chi connectivity index (χ0n) is 16.8. The van der Waals surface area contributed by atoms with E-state index in [1.165, 1.54) is 6.42 Å². The number of benzene rings is 1. The second-order valence-electron chi connectivity index (χ2n) is 8.51. The van der Waals surface area contributed by atoms with Crippen molar-refractivity contribution in [3.63, 3.8) is 0 Å². The minimum Gasteiger partial charge on any atom is -0.350 e. The fraction of sp³-hybridized carbons (Fsp3) is 0.500. The van der Waals surface area contributed by atoms with Gasteiger partial charge in [-0.3, -0.25) is 9.69 Å². The zero-order chi connectivity index (χ0) is 19.4. The lowest BCUT2D eigenvalue weighted by molar-refractivity contribution is 0.0445. The third kappa shape index (κ3) is 4.92. The highest BCUT2D eigenvalue weighted by atomic mass is 16.1. The first-order chi connectivity index (χ1) is 12.8. The second-order valence-corrected chi connectivity index (χ2v) is 8.51. The fourth-order valence-corrected chi connectivity index (χ4v) is 3.85. The highest BCUT2D eigenvalue weighted by molar-refractivity contribution is 5.93. The summed E-state index contributed by atoms with van der Waals surface area (Å²) in [6.07, 6.45) is 4.48. The molecule has 5 heteroatoms. The van der Waals surface area contributed by atoms with Gasteiger partial charge in [-0.1, -0.05) is 44.2 Å². The van der Waals surface area contributed by atoms with Crippen molar-refractivity contribution < 1.29 is 4.79 Å². The maximum absolute atomic E-state index is 12.5. The number of piperidine rings is 1. The first kappa shape index (κ1) is 19.5. The van der Waals surface area contributed by atoms with Gasteiger partial charge >= 0.3 is 0 Å². The van der Waals surface area contributed by atoms with Crippen LogP contribution in [0.1, 0.15) is 44.5 Å². The molecule has 2 atom stereocenters. The SMILES string of the molecule is CC1CC(C)CN(C(C)(C)CNC(=O)c2cnc(-c3ccccc3)nc2)C1. The Morgan fingerprint density at radius 2 is 1.70 bits per heavy atom. The fourth-order valence-electron chi connectivity index (χ4n) is 3.85. The van der Waals surface area contributed by atoms with Gasteiger partial charge in [0, 0.05) is 43.1 Å². The molecule has 27 heavy (non-hydrogen) atoms. The van der Waals surface area contributed by atoms with E-state index in [2.05, 4.69) is 47.9 Å². The number of carbonyl (C=O) groups is 1. The number of nitrogens with zero attached hydrogens (tertiary/aromatic N) is 3. The van der Waals surface area contributed by atoms with Crippen molar-refractivity contribution in [3.05, 3.63) is 48.3 Å². The molecule has 0 saturated carbocycles. The monoisotopic (exact) mass is 366 g/mol. The summed E-state index contributed by atoms with van der Waals surface area (Å²) in [7, 11) is 0. The molecular weight excluding hydrogens is 336 g/mol. The van der Waals surface area contributed by atoms with Crippen LogP contribution in [-0.2, 0) is 0 Å². The summed E-state index contributed by atoms with van der Waals surface area (Å²) in [6.45, 7) is 11.8. The first-order valence-corrected chi connectivity index (χ1v) is 9.76. The van der Waals surface area contributed by atoms with Crippen LogP contribution < -0.4 is 5.32 Å². The summed E-state index contributed by atoms with van der Waals surface area (Å²) in [5, 5.41) is 3.06. The molecule has 2 heterocycles. The molecule has 1 aliphatic rings. The normalized spacial score (nSPS) is 21.0. The Morgan fingerprint density at radius 1 is 1.11 bits per heavy atom. The van der Waals surface area contributed by atoms with E-state index in [1.807, 2.05) is 30.3 Å². The standard InChI is InChI=1S/C22H30N4O/c1-16-10-17(2)14-26(13-16)22(3,4)15-25-21(27)19-11-23-20(24-12-19)18-8-6-5-7-9-18/h5-9,11-12,16-17H,10,13-15H2,1-4H3,(H,25,27). The van der Waals surface area contributed by atoms with Crippen LogP contribution in [0.15, 0.2) is 42.7 Å².